The quantitative estimate of drug-likeness (QED) is 0.721. The lowest BCUT2D eigenvalue weighted by Gasteiger charge is -2.25. The van der Waals surface area contributed by atoms with Crippen LogP contribution >= 0.6 is 0 Å². The summed E-state index contributed by atoms with van der Waals surface area (Å²) in [5.74, 6) is 0.939. The molecule has 0 aliphatic heterocycles. The lowest BCUT2D eigenvalue weighted by Crippen LogP contribution is -2.40. The van der Waals surface area contributed by atoms with E-state index in [1.807, 2.05) is 0 Å². The summed E-state index contributed by atoms with van der Waals surface area (Å²) in [6.07, 6.45) is 9.09. The van der Waals surface area contributed by atoms with Crippen LogP contribution in [0.15, 0.2) is 0 Å². The number of carbonyl (C=O) groups is 1. The molecule has 3 heteroatoms. The van der Waals surface area contributed by atoms with Crippen LogP contribution in [-0.2, 0) is 4.79 Å². The van der Waals surface area contributed by atoms with Gasteiger partial charge in [0.25, 0.3) is 0 Å². The number of carbonyl (C=O) groups excluding carboxylic acids is 1. The van der Waals surface area contributed by atoms with E-state index in [0.717, 1.165) is 12.5 Å². The zero-order valence-corrected chi connectivity index (χ0v) is 9.43. The minimum Gasteiger partial charge on any atom is -0.355 e. The van der Waals surface area contributed by atoms with Gasteiger partial charge in [0.15, 0.2) is 0 Å². The Morgan fingerprint density at radius 3 is 2.40 bits per heavy atom. The van der Waals surface area contributed by atoms with Crippen molar-refractivity contribution in [3.05, 3.63) is 0 Å². The molecule has 1 amide bonds. The Hall–Kier alpha value is -0.570. The summed E-state index contributed by atoms with van der Waals surface area (Å²) in [5, 5.41) is 6.34. The molecule has 0 radical (unpaired) electrons. The molecular weight excluding hydrogens is 188 g/mol. The lowest BCUT2D eigenvalue weighted by atomic mass is 9.85. The molecule has 0 unspecified atom stereocenters. The molecule has 0 aromatic rings. The highest BCUT2D eigenvalue weighted by Gasteiger charge is 2.18. The van der Waals surface area contributed by atoms with Gasteiger partial charge in [-0.3, -0.25) is 4.79 Å². The van der Waals surface area contributed by atoms with E-state index >= 15 is 0 Å². The van der Waals surface area contributed by atoms with E-state index in [0.29, 0.717) is 12.6 Å². The minimum atomic E-state index is 0.175. The van der Waals surface area contributed by atoms with Crippen molar-refractivity contribution >= 4 is 5.91 Å². The highest BCUT2D eigenvalue weighted by molar-refractivity contribution is 5.78. The number of hydrogen-bond donors (Lipinski definition) is 2. The first-order valence-corrected chi connectivity index (χ1v) is 6.34. The topological polar surface area (TPSA) is 41.1 Å². The van der Waals surface area contributed by atoms with Gasteiger partial charge in [-0.1, -0.05) is 19.3 Å². The third-order valence-corrected chi connectivity index (χ3v) is 3.72. The standard InChI is InChI=1S/C12H22N2O/c15-12(14-8-10-4-3-5-10)9-13-11-6-1-2-7-11/h10-11,13H,1-9H2,(H,14,15). The predicted octanol–water partition coefficient (Wildman–Crippen LogP) is 1.43. The number of nitrogens with one attached hydrogen (secondary N) is 2. The number of amides is 1. The molecule has 2 saturated carbocycles. The Morgan fingerprint density at radius 1 is 1.07 bits per heavy atom. The third-order valence-electron chi connectivity index (χ3n) is 3.72. The van der Waals surface area contributed by atoms with Crippen LogP contribution in [0, 0.1) is 5.92 Å². The molecule has 0 atom stereocenters. The average molecular weight is 210 g/mol. The van der Waals surface area contributed by atoms with Crippen molar-refractivity contribution in [2.45, 2.75) is 51.0 Å². The first-order chi connectivity index (χ1) is 7.34. The van der Waals surface area contributed by atoms with Gasteiger partial charge in [-0.25, -0.2) is 0 Å². The summed E-state index contributed by atoms with van der Waals surface area (Å²) in [5.41, 5.74) is 0. The second-order valence-electron chi connectivity index (χ2n) is 4.96. The third kappa shape index (κ3) is 3.49. The summed E-state index contributed by atoms with van der Waals surface area (Å²) in [7, 11) is 0. The van der Waals surface area contributed by atoms with E-state index in [4.69, 9.17) is 0 Å². The van der Waals surface area contributed by atoms with Crippen molar-refractivity contribution in [1.82, 2.24) is 10.6 Å². The Balaban J connectivity index is 1.51. The first-order valence-electron chi connectivity index (χ1n) is 6.34. The highest BCUT2D eigenvalue weighted by Crippen LogP contribution is 2.25. The lowest BCUT2D eigenvalue weighted by molar-refractivity contribution is -0.120. The van der Waals surface area contributed by atoms with Crippen LogP contribution in [0.3, 0.4) is 0 Å². The van der Waals surface area contributed by atoms with Crippen LogP contribution in [-0.4, -0.2) is 25.0 Å². The Labute approximate surface area is 92.0 Å². The largest absolute Gasteiger partial charge is 0.355 e. The second kappa shape index (κ2) is 5.50. The molecule has 2 aliphatic carbocycles. The van der Waals surface area contributed by atoms with E-state index in [2.05, 4.69) is 10.6 Å². The Morgan fingerprint density at radius 2 is 1.80 bits per heavy atom. The SMILES string of the molecule is O=C(CNC1CCCC1)NCC1CCC1. The molecule has 0 aromatic carbocycles. The van der Waals surface area contributed by atoms with E-state index in [1.165, 1.54) is 44.9 Å². The molecule has 15 heavy (non-hydrogen) atoms. The first kappa shape index (κ1) is 10.9. The van der Waals surface area contributed by atoms with Gasteiger partial charge in [-0.05, 0) is 31.6 Å². The Kier molecular flexibility index (Phi) is 4.01. The molecule has 0 heterocycles. The molecule has 2 rings (SSSR count). The van der Waals surface area contributed by atoms with Crippen LogP contribution in [0.5, 0.6) is 0 Å². The molecular formula is C12H22N2O. The fraction of sp³-hybridized carbons (Fsp3) is 0.917. The van der Waals surface area contributed by atoms with Crippen molar-refractivity contribution in [3.8, 4) is 0 Å². The number of hydrogen-bond acceptors (Lipinski definition) is 2. The maximum Gasteiger partial charge on any atom is 0.233 e. The van der Waals surface area contributed by atoms with Gasteiger partial charge in [-0.2, -0.15) is 0 Å². The average Bonchev–Trinajstić information content (AvgIpc) is 2.64. The van der Waals surface area contributed by atoms with Gasteiger partial charge in [0.05, 0.1) is 6.54 Å². The van der Waals surface area contributed by atoms with Gasteiger partial charge < -0.3 is 10.6 Å². The minimum absolute atomic E-state index is 0.175. The predicted molar refractivity (Wildman–Crippen MR) is 60.6 cm³/mol. The fourth-order valence-corrected chi connectivity index (χ4v) is 2.38. The smallest absolute Gasteiger partial charge is 0.233 e. The Bertz CT molecular complexity index is 208. The van der Waals surface area contributed by atoms with Crippen molar-refractivity contribution in [3.63, 3.8) is 0 Å². The zero-order valence-electron chi connectivity index (χ0n) is 9.43. The molecule has 3 nitrogen and oxygen atoms in total. The summed E-state index contributed by atoms with van der Waals surface area (Å²) in [6.45, 7) is 1.41. The van der Waals surface area contributed by atoms with Crippen molar-refractivity contribution < 1.29 is 4.79 Å². The summed E-state index contributed by atoms with van der Waals surface area (Å²) in [4.78, 5) is 11.5. The summed E-state index contributed by atoms with van der Waals surface area (Å²) < 4.78 is 0. The van der Waals surface area contributed by atoms with Gasteiger partial charge in [0.1, 0.15) is 0 Å². The second-order valence-corrected chi connectivity index (χ2v) is 4.96. The van der Waals surface area contributed by atoms with Crippen molar-refractivity contribution in [2.24, 2.45) is 5.92 Å². The molecule has 0 saturated heterocycles. The zero-order chi connectivity index (χ0) is 10.5. The van der Waals surface area contributed by atoms with E-state index in [-0.39, 0.29) is 5.91 Å². The molecule has 0 aromatic heterocycles. The highest BCUT2D eigenvalue weighted by atomic mass is 16.1. The van der Waals surface area contributed by atoms with Crippen LogP contribution in [0.1, 0.15) is 44.9 Å². The van der Waals surface area contributed by atoms with Crippen molar-refractivity contribution in [2.75, 3.05) is 13.1 Å². The molecule has 2 N–H and O–H groups in total. The van der Waals surface area contributed by atoms with E-state index in [9.17, 15) is 4.79 Å². The normalized spacial score (nSPS) is 22.7. The molecule has 86 valence electrons. The monoisotopic (exact) mass is 210 g/mol. The van der Waals surface area contributed by atoms with Gasteiger partial charge in [0.2, 0.25) is 5.91 Å². The molecule has 2 aliphatic rings. The van der Waals surface area contributed by atoms with Crippen molar-refractivity contribution in [1.29, 1.82) is 0 Å². The summed E-state index contributed by atoms with van der Waals surface area (Å²) >= 11 is 0. The van der Waals surface area contributed by atoms with Gasteiger partial charge in [-0.15, -0.1) is 0 Å². The maximum absolute atomic E-state index is 11.5. The molecule has 2 fully saturated rings. The molecule has 0 spiro atoms. The van der Waals surface area contributed by atoms with Crippen LogP contribution in [0.4, 0.5) is 0 Å². The maximum atomic E-state index is 11.5. The van der Waals surface area contributed by atoms with Crippen LogP contribution < -0.4 is 10.6 Å². The van der Waals surface area contributed by atoms with Gasteiger partial charge in [0, 0.05) is 12.6 Å². The summed E-state index contributed by atoms with van der Waals surface area (Å²) in [6, 6.07) is 0.597. The van der Waals surface area contributed by atoms with E-state index < -0.39 is 0 Å². The molecule has 0 bridgehead atoms. The van der Waals surface area contributed by atoms with E-state index in [1.54, 1.807) is 0 Å². The van der Waals surface area contributed by atoms with Crippen LogP contribution in [0.25, 0.3) is 0 Å². The van der Waals surface area contributed by atoms with Crippen LogP contribution in [0.2, 0.25) is 0 Å². The fourth-order valence-electron chi connectivity index (χ4n) is 2.38. The van der Waals surface area contributed by atoms with Gasteiger partial charge >= 0.3 is 0 Å². The number of rotatable bonds is 5.